The van der Waals surface area contributed by atoms with Crippen molar-refractivity contribution in [1.29, 1.82) is 0 Å². The van der Waals surface area contributed by atoms with Crippen LogP contribution in [-0.2, 0) is 5.88 Å². The van der Waals surface area contributed by atoms with Crippen LogP contribution in [0.2, 0.25) is 0 Å². The van der Waals surface area contributed by atoms with Gasteiger partial charge in [0.2, 0.25) is 0 Å². The van der Waals surface area contributed by atoms with E-state index in [4.69, 9.17) is 11.6 Å². The van der Waals surface area contributed by atoms with E-state index in [1.807, 2.05) is 30.3 Å². The predicted octanol–water partition coefficient (Wildman–Crippen LogP) is 5.49. The Morgan fingerprint density at radius 3 is 2.35 bits per heavy atom. The van der Waals surface area contributed by atoms with Gasteiger partial charge in [0.25, 0.3) is 5.91 Å². The van der Waals surface area contributed by atoms with E-state index in [1.54, 1.807) is 6.07 Å². The molecule has 2 nitrogen and oxygen atoms in total. The van der Waals surface area contributed by atoms with Crippen molar-refractivity contribution in [3.63, 3.8) is 0 Å². The number of amides is 1. The van der Waals surface area contributed by atoms with Crippen LogP contribution in [0.4, 0.5) is 5.69 Å². The van der Waals surface area contributed by atoms with Gasteiger partial charge in [-0.15, -0.1) is 11.6 Å². The van der Waals surface area contributed by atoms with E-state index in [1.165, 1.54) is 0 Å². The number of carbonyl (C=O) groups excluding carboxylic acids is 1. The van der Waals surface area contributed by atoms with Gasteiger partial charge in [0, 0.05) is 22.2 Å². The number of rotatable bonds is 3. The van der Waals surface area contributed by atoms with Crippen LogP contribution in [0.1, 0.15) is 15.9 Å². The number of benzene rings is 2. The van der Waals surface area contributed by atoms with Crippen molar-refractivity contribution in [2.24, 2.45) is 0 Å². The van der Waals surface area contributed by atoms with Gasteiger partial charge in [-0.2, -0.15) is 0 Å². The van der Waals surface area contributed by atoms with Crippen LogP contribution in [0.3, 0.4) is 0 Å². The molecule has 0 atom stereocenters. The molecule has 0 fully saturated rings. The second-order valence-corrected chi connectivity index (χ2v) is 7.87. The van der Waals surface area contributed by atoms with E-state index in [0.717, 1.165) is 22.0 Å². The van der Waals surface area contributed by atoms with Crippen molar-refractivity contribution in [1.82, 2.24) is 0 Å². The van der Waals surface area contributed by atoms with Crippen molar-refractivity contribution in [3.05, 3.63) is 58.2 Å². The van der Waals surface area contributed by atoms with E-state index < -0.39 is 0 Å². The Balaban J connectivity index is 2.28. The molecule has 0 aliphatic heterocycles. The molecule has 2 rings (SSSR count). The zero-order chi connectivity index (χ0) is 14.7. The Labute approximate surface area is 163 Å². The molecule has 0 aromatic heterocycles. The summed E-state index contributed by atoms with van der Waals surface area (Å²) in [5.41, 5.74) is 2.41. The molecule has 6 heteroatoms. The minimum atomic E-state index is -0.117. The number of carbonyl (C=O) groups is 1. The number of nitrogens with one attached hydrogen (secondary N) is 1. The van der Waals surface area contributed by atoms with Gasteiger partial charge in [0.1, 0.15) is 0 Å². The molecule has 0 saturated heterocycles. The maximum atomic E-state index is 12.3. The summed E-state index contributed by atoms with van der Waals surface area (Å²) < 4.78 is 3.21. The number of alkyl halides is 1. The van der Waals surface area contributed by atoms with Crippen LogP contribution in [0.15, 0.2) is 36.4 Å². The van der Waals surface area contributed by atoms with Crippen LogP contribution >= 0.6 is 79.4 Å². The zero-order valence-corrected chi connectivity index (χ0v) is 17.3. The quantitative estimate of drug-likeness (QED) is 0.356. The molecule has 0 saturated carbocycles. The van der Waals surface area contributed by atoms with Gasteiger partial charge >= 0.3 is 0 Å². The van der Waals surface area contributed by atoms with Crippen molar-refractivity contribution < 1.29 is 4.79 Å². The molecule has 2 aromatic carbocycles. The maximum Gasteiger partial charge on any atom is 0.255 e. The molecular weight excluding hydrogens is 614 g/mol. The lowest BCUT2D eigenvalue weighted by Crippen LogP contribution is -2.14. The van der Waals surface area contributed by atoms with Crippen LogP contribution in [-0.4, -0.2) is 5.91 Å². The molecule has 1 N–H and O–H groups in total. The lowest BCUT2D eigenvalue weighted by molar-refractivity contribution is 0.102. The molecule has 0 bridgehead atoms. The van der Waals surface area contributed by atoms with Gasteiger partial charge in [-0.05, 0) is 97.6 Å². The van der Waals surface area contributed by atoms with E-state index in [0.29, 0.717) is 11.4 Å². The fraction of sp³-hybridized carbons (Fsp3) is 0.0714. The van der Waals surface area contributed by atoms with E-state index >= 15 is 0 Å². The third kappa shape index (κ3) is 4.20. The molecule has 0 heterocycles. The van der Waals surface area contributed by atoms with E-state index in [-0.39, 0.29) is 5.91 Å². The monoisotopic (exact) mass is 623 g/mol. The Morgan fingerprint density at radius 2 is 1.75 bits per heavy atom. The first-order valence-corrected chi connectivity index (χ1v) is 9.39. The first kappa shape index (κ1) is 16.8. The first-order chi connectivity index (χ1) is 9.51. The van der Waals surface area contributed by atoms with Gasteiger partial charge in [-0.3, -0.25) is 4.79 Å². The van der Waals surface area contributed by atoms with Crippen molar-refractivity contribution in [2.45, 2.75) is 5.88 Å². The summed E-state index contributed by atoms with van der Waals surface area (Å²) in [5, 5.41) is 2.97. The Hall–Kier alpha value is 0.390. The molecule has 0 aliphatic carbocycles. The van der Waals surface area contributed by atoms with E-state index in [2.05, 4.69) is 73.1 Å². The summed E-state index contributed by atoms with van der Waals surface area (Å²) in [6.07, 6.45) is 0. The summed E-state index contributed by atoms with van der Waals surface area (Å²) in [5.74, 6) is 0.286. The second-order valence-electron chi connectivity index (χ2n) is 4.03. The van der Waals surface area contributed by atoms with Gasteiger partial charge in [-0.25, -0.2) is 0 Å². The normalized spacial score (nSPS) is 10.4. The highest BCUT2D eigenvalue weighted by molar-refractivity contribution is 14.1. The summed E-state index contributed by atoms with van der Waals surface area (Å²) >= 11 is 12.5. The van der Waals surface area contributed by atoms with Crippen LogP contribution < -0.4 is 5.32 Å². The second kappa shape index (κ2) is 7.59. The van der Waals surface area contributed by atoms with E-state index in [9.17, 15) is 4.79 Å². The molecule has 0 aliphatic rings. The average molecular weight is 623 g/mol. The van der Waals surface area contributed by atoms with Gasteiger partial charge < -0.3 is 5.32 Å². The topological polar surface area (TPSA) is 29.1 Å². The highest BCUT2D eigenvalue weighted by atomic mass is 127. The van der Waals surface area contributed by atoms with Gasteiger partial charge in [0.15, 0.2) is 0 Å². The molecule has 20 heavy (non-hydrogen) atoms. The average Bonchev–Trinajstić information content (AvgIpc) is 2.42. The Bertz CT molecular complexity index is 638. The molecule has 2 aromatic rings. The number of anilines is 1. The first-order valence-electron chi connectivity index (χ1n) is 5.62. The largest absolute Gasteiger partial charge is 0.320 e. The Morgan fingerprint density at radius 1 is 1.10 bits per heavy atom. The smallest absolute Gasteiger partial charge is 0.255 e. The predicted molar refractivity (Wildman–Crippen MR) is 109 cm³/mol. The summed E-state index contributed by atoms with van der Waals surface area (Å²) in [4.78, 5) is 12.3. The fourth-order valence-electron chi connectivity index (χ4n) is 1.64. The highest BCUT2D eigenvalue weighted by Crippen LogP contribution is 2.27. The van der Waals surface area contributed by atoms with Gasteiger partial charge in [-0.1, -0.05) is 12.1 Å². The molecule has 0 spiro atoms. The molecule has 0 radical (unpaired) electrons. The minimum absolute atomic E-state index is 0.117. The third-order valence-electron chi connectivity index (χ3n) is 2.59. The van der Waals surface area contributed by atoms with Crippen molar-refractivity contribution >= 4 is 91.0 Å². The Kier molecular flexibility index (Phi) is 6.36. The lowest BCUT2D eigenvalue weighted by atomic mass is 10.1. The molecular formula is C14H9ClI3NO. The van der Waals surface area contributed by atoms with Crippen LogP contribution in [0.25, 0.3) is 0 Å². The third-order valence-corrected chi connectivity index (χ3v) is 5.22. The minimum Gasteiger partial charge on any atom is -0.320 e. The van der Waals surface area contributed by atoms with Crippen LogP contribution in [0, 0.1) is 10.7 Å². The standard InChI is InChI=1S/C14H9ClI3NO/c15-7-8-2-1-3-9(4-8)14(20)19-13-11(17)5-10(16)6-12(13)18/h1-6H,7H2,(H,19,20). The zero-order valence-electron chi connectivity index (χ0n) is 10.1. The van der Waals surface area contributed by atoms with Crippen LogP contribution in [0.5, 0.6) is 0 Å². The van der Waals surface area contributed by atoms with Gasteiger partial charge in [0.05, 0.1) is 5.69 Å². The highest BCUT2D eigenvalue weighted by Gasteiger charge is 2.12. The summed E-state index contributed by atoms with van der Waals surface area (Å²) in [6.45, 7) is 0. The summed E-state index contributed by atoms with van der Waals surface area (Å²) in [7, 11) is 0. The number of hydrogen-bond donors (Lipinski definition) is 1. The fourth-order valence-corrected chi connectivity index (χ4v) is 5.66. The van der Waals surface area contributed by atoms with Crippen molar-refractivity contribution in [2.75, 3.05) is 5.32 Å². The SMILES string of the molecule is O=C(Nc1c(I)cc(I)cc1I)c1cccc(CCl)c1. The number of hydrogen-bond acceptors (Lipinski definition) is 1. The maximum absolute atomic E-state index is 12.3. The molecule has 104 valence electrons. The number of halogens is 4. The van der Waals surface area contributed by atoms with Crippen molar-refractivity contribution in [3.8, 4) is 0 Å². The lowest BCUT2D eigenvalue weighted by Gasteiger charge is -2.11. The molecule has 0 unspecified atom stereocenters. The summed E-state index contributed by atoms with van der Waals surface area (Å²) in [6, 6.07) is 11.4. The molecule has 1 amide bonds.